The average Bonchev–Trinajstić information content (AvgIpc) is 2.60. The highest BCUT2D eigenvalue weighted by Gasteiger charge is 2.41. The normalized spacial score (nSPS) is 21.6. The summed E-state index contributed by atoms with van der Waals surface area (Å²) in [7, 11) is 0. The fourth-order valence-electron chi connectivity index (χ4n) is 3.01. The number of halogens is 1. The van der Waals surface area contributed by atoms with E-state index in [2.05, 4.69) is 30.4 Å². The lowest BCUT2D eigenvalue weighted by molar-refractivity contribution is -0.0592. The summed E-state index contributed by atoms with van der Waals surface area (Å²) in [5, 5.41) is 3.41. The summed E-state index contributed by atoms with van der Waals surface area (Å²) in [6, 6.07) is 6.55. The summed E-state index contributed by atoms with van der Waals surface area (Å²) in [5.41, 5.74) is 4.31. The molecule has 0 aliphatic carbocycles. The van der Waals surface area contributed by atoms with Crippen molar-refractivity contribution in [2.75, 3.05) is 13.1 Å². The Kier molecular flexibility index (Phi) is 3.24. The predicted molar refractivity (Wildman–Crippen MR) is 67.0 cm³/mol. The Morgan fingerprint density at radius 2 is 2.00 bits per heavy atom. The van der Waals surface area contributed by atoms with E-state index in [-0.39, 0.29) is 18.0 Å². The van der Waals surface area contributed by atoms with Crippen molar-refractivity contribution in [3.63, 3.8) is 0 Å². The van der Waals surface area contributed by atoms with E-state index in [1.807, 2.05) is 0 Å². The molecule has 1 spiro atoms. The summed E-state index contributed by atoms with van der Waals surface area (Å²) in [4.78, 5) is 0. The van der Waals surface area contributed by atoms with Crippen molar-refractivity contribution in [2.45, 2.75) is 32.0 Å². The Labute approximate surface area is 103 Å². The minimum Gasteiger partial charge on any atom is -0.365 e. The molecule has 1 fully saturated rings. The van der Waals surface area contributed by atoms with Gasteiger partial charge in [0.15, 0.2) is 0 Å². The summed E-state index contributed by atoms with van der Waals surface area (Å²) in [6.07, 6.45) is 2.23. The molecule has 1 aromatic carbocycles. The Morgan fingerprint density at radius 3 is 2.75 bits per heavy atom. The third-order valence-corrected chi connectivity index (χ3v) is 3.73. The van der Waals surface area contributed by atoms with E-state index < -0.39 is 0 Å². The molecule has 1 N–H and O–H groups in total. The van der Waals surface area contributed by atoms with E-state index in [9.17, 15) is 0 Å². The van der Waals surface area contributed by atoms with Crippen LogP contribution in [0.15, 0.2) is 18.2 Å². The first-order valence-corrected chi connectivity index (χ1v) is 5.75. The highest BCUT2D eigenvalue weighted by Crippen LogP contribution is 2.44. The second-order valence-corrected chi connectivity index (χ2v) is 4.64. The van der Waals surface area contributed by atoms with Crippen molar-refractivity contribution in [2.24, 2.45) is 0 Å². The van der Waals surface area contributed by atoms with E-state index in [4.69, 9.17) is 4.74 Å². The molecular weight excluding hydrogens is 222 g/mol. The number of ether oxygens (including phenoxy) is 1. The highest BCUT2D eigenvalue weighted by atomic mass is 35.5. The molecule has 2 nitrogen and oxygen atoms in total. The van der Waals surface area contributed by atoms with Crippen LogP contribution >= 0.6 is 12.4 Å². The van der Waals surface area contributed by atoms with Crippen molar-refractivity contribution in [1.29, 1.82) is 0 Å². The van der Waals surface area contributed by atoms with Gasteiger partial charge in [0.2, 0.25) is 0 Å². The second kappa shape index (κ2) is 4.36. The zero-order valence-electron chi connectivity index (χ0n) is 9.58. The van der Waals surface area contributed by atoms with Gasteiger partial charge < -0.3 is 10.1 Å². The van der Waals surface area contributed by atoms with Gasteiger partial charge in [-0.15, -0.1) is 12.4 Å². The molecule has 3 heteroatoms. The van der Waals surface area contributed by atoms with Crippen LogP contribution in [-0.2, 0) is 16.9 Å². The number of hydrogen-bond acceptors (Lipinski definition) is 2. The Balaban J connectivity index is 0.000000963. The van der Waals surface area contributed by atoms with Crippen LogP contribution < -0.4 is 5.32 Å². The first-order valence-electron chi connectivity index (χ1n) is 5.75. The van der Waals surface area contributed by atoms with Crippen LogP contribution in [0.3, 0.4) is 0 Å². The van der Waals surface area contributed by atoms with Crippen LogP contribution in [0.1, 0.15) is 29.5 Å². The molecule has 2 aliphatic rings. The van der Waals surface area contributed by atoms with Crippen molar-refractivity contribution in [1.82, 2.24) is 5.32 Å². The summed E-state index contributed by atoms with van der Waals surface area (Å²) >= 11 is 0. The molecule has 0 atom stereocenters. The number of hydrogen-bond donors (Lipinski definition) is 1. The molecule has 3 rings (SSSR count). The first-order chi connectivity index (χ1) is 7.32. The molecule has 0 unspecified atom stereocenters. The van der Waals surface area contributed by atoms with Gasteiger partial charge >= 0.3 is 0 Å². The van der Waals surface area contributed by atoms with Crippen molar-refractivity contribution in [3.8, 4) is 0 Å². The number of aryl methyl sites for hydroxylation is 1. The van der Waals surface area contributed by atoms with Gasteiger partial charge in [-0.1, -0.05) is 18.2 Å². The summed E-state index contributed by atoms with van der Waals surface area (Å²) < 4.78 is 6.09. The molecule has 88 valence electrons. The Morgan fingerprint density at radius 1 is 1.25 bits per heavy atom. The highest BCUT2D eigenvalue weighted by molar-refractivity contribution is 5.85. The smallest absolute Gasteiger partial charge is 0.0966 e. The van der Waals surface area contributed by atoms with Gasteiger partial charge in [0.25, 0.3) is 0 Å². The molecule has 0 aromatic heterocycles. The van der Waals surface area contributed by atoms with Crippen LogP contribution in [0.5, 0.6) is 0 Å². The van der Waals surface area contributed by atoms with Gasteiger partial charge in [-0.25, -0.2) is 0 Å². The molecule has 0 saturated carbocycles. The van der Waals surface area contributed by atoms with E-state index in [1.54, 1.807) is 0 Å². The van der Waals surface area contributed by atoms with Crippen LogP contribution in [0.4, 0.5) is 0 Å². The minimum atomic E-state index is 0. The van der Waals surface area contributed by atoms with Gasteiger partial charge in [0, 0.05) is 0 Å². The number of piperidine rings is 1. The molecule has 1 aromatic rings. The van der Waals surface area contributed by atoms with E-state index in [0.29, 0.717) is 0 Å². The van der Waals surface area contributed by atoms with Crippen molar-refractivity contribution >= 4 is 12.4 Å². The maximum Gasteiger partial charge on any atom is 0.0966 e. The van der Waals surface area contributed by atoms with Crippen LogP contribution in [-0.4, -0.2) is 13.1 Å². The number of fused-ring (bicyclic) bond motifs is 2. The fourth-order valence-corrected chi connectivity index (χ4v) is 3.01. The van der Waals surface area contributed by atoms with Crippen LogP contribution in [0, 0.1) is 6.92 Å². The number of rotatable bonds is 0. The second-order valence-electron chi connectivity index (χ2n) is 4.64. The number of benzene rings is 1. The molecule has 16 heavy (non-hydrogen) atoms. The number of nitrogens with one attached hydrogen (secondary N) is 1. The third-order valence-electron chi connectivity index (χ3n) is 3.73. The Hall–Kier alpha value is -0.570. The lowest BCUT2D eigenvalue weighted by Gasteiger charge is -2.34. The zero-order chi connectivity index (χ0) is 10.3. The van der Waals surface area contributed by atoms with Gasteiger partial charge in [0.05, 0.1) is 12.2 Å². The van der Waals surface area contributed by atoms with Gasteiger partial charge in [-0.3, -0.25) is 0 Å². The summed E-state index contributed by atoms with van der Waals surface area (Å²) in [6.45, 7) is 5.16. The van der Waals surface area contributed by atoms with E-state index in [0.717, 1.165) is 32.5 Å². The SMILES string of the molecule is Cc1cccc2c1C1(CCNCC1)OC2.Cl. The standard InChI is InChI=1S/C13H17NO.ClH/c1-10-3-2-4-11-9-15-13(12(10)11)5-7-14-8-6-13;/h2-4,14H,5-9H2,1H3;1H. The fraction of sp³-hybridized carbons (Fsp3) is 0.538. The largest absolute Gasteiger partial charge is 0.365 e. The monoisotopic (exact) mass is 239 g/mol. The first kappa shape index (κ1) is 11.9. The molecule has 0 bridgehead atoms. The van der Waals surface area contributed by atoms with E-state index in [1.165, 1.54) is 16.7 Å². The molecule has 2 heterocycles. The maximum absolute atomic E-state index is 6.09. The minimum absolute atomic E-state index is 0. The average molecular weight is 240 g/mol. The molecule has 1 saturated heterocycles. The van der Waals surface area contributed by atoms with Gasteiger partial charge in [-0.2, -0.15) is 0 Å². The van der Waals surface area contributed by atoms with Crippen LogP contribution in [0.2, 0.25) is 0 Å². The Bertz CT molecular complexity index is 380. The lowest BCUT2D eigenvalue weighted by atomic mass is 9.82. The van der Waals surface area contributed by atoms with E-state index >= 15 is 0 Å². The lowest BCUT2D eigenvalue weighted by Crippen LogP contribution is -2.39. The van der Waals surface area contributed by atoms with Gasteiger partial charge in [-0.05, 0) is 49.5 Å². The van der Waals surface area contributed by atoms with Crippen LogP contribution in [0.25, 0.3) is 0 Å². The molecular formula is C13H18ClNO. The van der Waals surface area contributed by atoms with Crippen molar-refractivity contribution in [3.05, 3.63) is 34.9 Å². The molecule has 0 radical (unpaired) electrons. The van der Waals surface area contributed by atoms with Crippen molar-refractivity contribution < 1.29 is 4.74 Å². The van der Waals surface area contributed by atoms with Gasteiger partial charge in [0.1, 0.15) is 0 Å². The zero-order valence-corrected chi connectivity index (χ0v) is 10.4. The topological polar surface area (TPSA) is 21.3 Å². The quantitative estimate of drug-likeness (QED) is 0.751. The predicted octanol–water partition coefficient (Wildman–Crippen LogP) is 2.53. The summed E-state index contributed by atoms with van der Waals surface area (Å²) in [5.74, 6) is 0. The maximum atomic E-state index is 6.09. The molecule has 0 amide bonds. The third kappa shape index (κ3) is 1.65. The molecule has 2 aliphatic heterocycles.